The van der Waals surface area contributed by atoms with E-state index < -0.39 is 0 Å². The highest BCUT2D eigenvalue weighted by atomic mass is 16.3. The minimum absolute atomic E-state index is 0.587. The molecule has 0 aliphatic rings. The number of hydrogen-bond donors (Lipinski definition) is 0. The zero-order chi connectivity index (χ0) is 66.7. The number of para-hydroxylation sites is 12. The molecule has 0 aliphatic heterocycles. The summed E-state index contributed by atoms with van der Waals surface area (Å²) < 4.78 is 27.6. The van der Waals surface area contributed by atoms with Gasteiger partial charge in [-0.25, -0.2) is 9.97 Å². The number of rotatable bonds is 9. The van der Waals surface area contributed by atoms with Gasteiger partial charge in [-0.05, 0) is 78.9 Å². The number of aromatic nitrogens is 5. The summed E-state index contributed by atoms with van der Waals surface area (Å²) in [5.74, 6) is 0.587. The maximum absolute atomic E-state index is 6.77. The van der Waals surface area contributed by atoms with Gasteiger partial charge in [-0.3, -0.25) is 0 Å². The van der Waals surface area contributed by atoms with Gasteiger partial charge in [0.15, 0.2) is 5.82 Å². The molecule has 0 unspecified atom stereocenters. The molecule has 22 rings (SSSR count). The molecule has 15 aromatic carbocycles. The van der Waals surface area contributed by atoms with Crippen LogP contribution in [0.1, 0.15) is 0 Å². The van der Waals surface area contributed by atoms with Crippen molar-refractivity contribution in [3.63, 3.8) is 0 Å². The molecule has 7 aromatic heterocycles. The van der Waals surface area contributed by atoms with Gasteiger partial charge in [0.1, 0.15) is 33.5 Å². The Kier molecular flexibility index (Phi) is 12.0. The Morgan fingerprint density at radius 1 is 0.206 bits per heavy atom. The maximum Gasteiger partial charge on any atom is 0.160 e. The van der Waals surface area contributed by atoms with E-state index in [1.165, 1.54) is 0 Å². The molecule has 0 fully saturated rings. The Balaban J connectivity index is 0.756. The average molecular weight is 1300 g/mol. The number of benzene rings is 15. The molecule has 102 heavy (non-hydrogen) atoms. The summed E-state index contributed by atoms with van der Waals surface area (Å²) >= 11 is 0. The van der Waals surface area contributed by atoms with Crippen molar-refractivity contribution in [2.24, 2.45) is 0 Å². The van der Waals surface area contributed by atoms with E-state index in [1.807, 2.05) is 18.2 Å². The zero-order valence-electron chi connectivity index (χ0n) is 54.7. The van der Waals surface area contributed by atoms with Gasteiger partial charge in [0.25, 0.3) is 0 Å². The van der Waals surface area contributed by atoms with Crippen molar-refractivity contribution >= 4 is 131 Å². The van der Waals surface area contributed by atoms with E-state index in [-0.39, 0.29) is 0 Å². The fraction of sp³-hybridized carbons (Fsp3) is 0. The Morgan fingerprint density at radius 3 is 0.843 bits per heavy atom. The second-order valence-electron chi connectivity index (χ2n) is 26.6. The van der Waals surface area contributed by atoms with Gasteiger partial charge < -0.3 is 27.0 Å². The Morgan fingerprint density at radius 2 is 0.480 bits per heavy atom. The molecule has 0 N–H and O–H groups in total. The Bertz CT molecular complexity index is 6590. The molecule has 0 radical (unpaired) electrons. The van der Waals surface area contributed by atoms with Crippen LogP contribution in [0.15, 0.2) is 347 Å². The van der Waals surface area contributed by atoms with Crippen LogP contribution in [0.5, 0.6) is 0 Å². The molecular formula is C94H55N5O3. The standard InChI is InChI=1S/C94H55N5O3/c1-7-46-82-62(28-1)68-34-16-37-71(77-43-19-40-74-65-31-4-10-49-85(65)100-91(74)77)88(68)97(82)59-25-13-22-56(52-59)80-55-81(57-23-14-26-60(53-57)98-83-47-8-2-29-63(83)69-35-17-38-72(89(69)98)78-44-20-41-75-66-32-5-11-50-86(66)101-92(75)78)96-94(95-80)58-24-15-27-61(54-58)99-84-48-9-3-30-64(84)70-36-18-39-73(90(70)99)79-45-21-42-76-67-33-6-12-51-87(67)102-93(76)79/h1-55H. The summed E-state index contributed by atoms with van der Waals surface area (Å²) in [6.45, 7) is 0. The first-order valence-corrected chi connectivity index (χ1v) is 34.6. The predicted molar refractivity (Wildman–Crippen MR) is 419 cm³/mol. The van der Waals surface area contributed by atoms with Gasteiger partial charge in [0, 0.05) is 132 Å². The van der Waals surface area contributed by atoms with Crippen LogP contribution >= 0.6 is 0 Å². The second kappa shape index (κ2) is 21.8. The Hall–Kier alpha value is -13.8. The molecule has 0 saturated heterocycles. The number of fused-ring (bicyclic) bond motifs is 18. The zero-order valence-corrected chi connectivity index (χ0v) is 54.7. The van der Waals surface area contributed by atoms with Crippen molar-refractivity contribution in [3.8, 4) is 84.3 Å². The summed E-state index contributed by atoms with van der Waals surface area (Å²) in [5.41, 5.74) is 25.3. The molecule has 0 spiro atoms. The molecule has 22 aromatic rings. The van der Waals surface area contributed by atoms with Crippen molar-refractivity contribution in [1.82, 2.24) is 23.7 Å². The van der Waals surface area contributed by atoms with Crippen LogP contribution < -0.4 is 0 Å². The molecule has 0 atom stereocenters. The quantitative estimate of drug-likeness (QED) is 0.144. The predicted octanol–water partition coefficient (Wildman–Crippen LogP) is 25.5. The van der Waals surface area contributed by atoms with E-state index in [4.69, 9.17) is 23.2 Å². The van der Waals surface area contributed by atoms with Crippen LogP contribution in [0.4, 0.5) is 0 Å². The van der Waals surface area contributed by atoms with Gasteiger partial charge in [0.05, 0.1) is 44.5 Å². The minimum Gasteiger partial charge on any atom is -0.455 e. The smallest absolute Gasteiger partial charge is 0.160 e. The topological polar surface area (TPSA) is 80.0 Å². The summed E-state index contributed by atoms with van der Waals surface area (Å²) in [7, 11) is 0. The van der Waals surface area contributed by atoms with Crippen LogP contribution in [0.25, 0.3) is 216 Å². The van der Waals surface area contributed by atoms with Crippen LogP contribution in [0.2, 0.25) is 0 Å². The maximum atomic E-state index is 6.77. The van der Waals surface area contributed by atoms with Crippen molar-refractivity contribution in [3.05, 3.63) is 334 Å². The summed E-state index contributed by atoms with van der Waals surface area (Å²) in [4.78, 5) is 11.4. The van der Waals surface area contributed by atoms with Gasteiger partial charge in [-0.15, -0.1) is 0 Å². The lowest BCUT2D eigenvalue weighted by Crippen LogP contribution is -2.00. The van der Waals surface area contributed by atoms with Gasteiger partial charge in [-0.1, -0.05) is 255 Å². The normalized spacial score (nSPS) is 12.1. The molecule has 0 saturated carbocycles. The lowest BCUT2D eigenvalue weighted by atomic mass is 9.99. The van der Waals surface area contributed by atoms with Crippen LogP contribution in [0, 0.1) is 0 Å². The average Bonchev–Trinajstić information content (AvgIpc) is 1.57. The summed E-state index contributed by atoms with van der Waals surface area (Å²) in [6.07, 6.45) is 0. The van der Waals surface area contributed by atoms with Crippen molar-refractivity contribution in [2.75, 3.05) is 0 Å². The molecule has 474 valence electrons. The third-order valence-corrected chi connectivity index (χ3v) is 21.1. The first-order chi connectivity index (χ1) is 50.6. The van der Waals surface area contributed by atoms with Gasteiger partial charge in [0.2, 0.25) is 0 Å². The molecule has 0 bridgehead atoms. The number of hydrogen-bond acceptors (Lipinski definition) is 5. The monoisotopic (exact) mass is 1300 g/mol. The van der Waals surface area contributed by atoms with Crippen molar-refractivity contribution in [2.45, 2.75) is 0 Å². The van der Waals surface area contributed by atoms with Crippen LogP contribution in [-0.4, -0.2) is 23.7 Å². The minimum atomic E-state index is 0.587. The van der Waals surface area contributed by atoms with E-state index in [1.54, 1.807) is 0 Å². The fourth-order valence-corrected chi connectivity index (χ4v) is 16.7. The third kappa shape index (κ3) is 8.32. The van der Waals surface area contributed by atoms with Gasteiger partial charge >= 0.3 is 0 Å². The van der Waals surface area contributed by atoms with Crippen molar-refractivity contribution in [1.29, 1.82) is 0 Å². The van der Waals surface area contributed by atoms with Gasteiger partial charge in [-0.2, -0.15) is 0 Å². The third-order valence-electron chi connectivity index (χ3n) is 21.1. The first-order valence-electron chi connectivity index (χ1n) is 34.6. The molecule has 7 heterocycles. The van der Waals surface area contributed by atoms with E-state index >= 15 is 0 Å². The highest BCUT2D eigenvalue weighted by Crippen LogP contribution is 2.48. The van der Waals surface area contributed by atoms with Crippen LogP contribution in [0.3, 0.4) is 0 Å². The number of nitrogens with zero attached hydrogens (tertiary/aromatic N) is 5. The van der Waals surface area contributed by atoms with E-state index in [9.17, 15) is 0 Å². The van der Waals surface area contributed by atoms with E-state index in [0.717, 1.165) is 210 Å². The lowest BCUT2D eigenvalue weighted by Gasteiger charge is -2.16. The highest BCUT2D eigenvalue weighted by molar-refractivity contribution is 6.21. The molecule has 0 amide bonds. The van der Waals surface area contributed by atoms with E-state index in [0.29, 0.717) is 5.82 Å². The lowest BCUT2D eigenvalue weighted by molar-refractivity contribution is 0.669. The fourth-order valence-electron chi connectivity index (χ4n) is 16.7. The van der Waals surface area contributed by atoms with Crippen LogP contribution in [-0.2, 0) is 0 Å². The van der Waals surface area contributed by atoms with Crippen molar-refractivity contribution < 1.29 is 13.3 Å². The summed E-state index contributed by atoms with van der Waals surface area (Å²) in [6, 6.07) is 119. The molecule has 8 nitrogen and oxygen atoms in total. The largest absolute Gasteiger partial charge is 0.455 e. The summed E-state index contributed by atoms with van der Waals surface area (Å²) in [5, 5.41) is 13.5. The first kappa shape index (κ1) is 56.2. The SMILES string of the molecule is c1cc(-c2cc(-c3cccc(-n4c5ccccc5c5cccc(-c6cccc7c6oc6ccccc67)c54)c3)nc(-c3cccc(-n4c5ccccc5c5cccc(-c6cccc7c6oc6ccccc67)c54)c3)n2)cc(-n2c3ccccc3c3cccc(-c4cccc5c4oc4ccccc45)c32)c1. The highest BCUT2D eigenvalue weighted by Gasteiger charge is 2.26. The molecule has 8 heteroatoms. The number of furan rings is 3. The molecule has 0 aliphatic carbocycles. The second-order valence-corrected chi connectivity index (χ2v) is 26.6. The Labute approximate surface area is 582 Å². The van der Waals surface area contributed by atoms with E-state index in [2.05, 4.69) is 329 Å². The molecular weight excluding hydrogens is 1250 g/mol.